The number of imidazole rings is 1. The second kappa shape index (κ2) is 7.59. The molecule has 0 bridgehead atoms. The molecule has 1 fully saturated rings. The van der Waals surface area contributed by atoms with Crippen LogP contribution < -0.4 is 4.90 Å². The number of aromatic nitrogens is 5. The van der Waals surface area contributed by atoms with E-state index in [2.05, 4.69) is 25.0 Å². The van der Waals surface area contributed by atoms with Gasteiger partial charge >= 0.3 is 6.18 Å². The highest BCUT2D eigenvalue weighted by molar-refractivity contribution is 5.59. The van der Waals surface area contributed by atoms with Gasteiger partial charge in [0.25, 0.3) is 0 Å². The fourth-order valence-corrected chi connectivity index (χ4v) is 3.89. The normalized spacial score (nSPS) is 19.6. The highest BCUT2D eigenvalue weighted by Gasteiger charge is 2.32. The lowest BCUT2D eigenvalue weighted by atomic mass is 10.1. The molecule has 4 aromatic rings. The van der Waals surface area contributed by atoms with Gasteiger partial charge in [0.1, 0.15) is 29.0 Å². The van der Waals surface area contributed by atoms with Crippen LogP contribution in [0.4, 0.5) is 19.0 Å². The molecule has 0 aliphatic carbocycles. The molecule has 1 aliphatic heterocycles. The van der Waals surface area contributed by atoms with E-state index >= 15 is 0 Å². The van der Waals surface area contributed by atoms with Gasteiger partial charge in [0.05, 0.1) is 30.6 Å². The SMILES string of the molecule is Cc1oncc1[C@@H]1CN(c2ccnc(-c3cnc4ccc(C(F)(F)F)cn34)n2)C[C@@H](C)O1. The van der Waals surface area contributed by atoms with Crippen LogP contribution in [0.5, 0.6) is 0 Å². The van der Waals surface area contributed by atoms with E-state index in [-0.39, 0.29) is 18.0 Å². The summed E-state index contributed by atoms with van der Waals surface area (Å²) in [6.07, 6.45) is 0.940. The number of fused-ring (bicyclic) bond motifs is 1. The zero-order chi connectivity index (χ0) is 22.5. The molecule has 0 radical (unpaired) electrons. The summed E-state index contributed by atoms with van der Waals surface area (Å²) in [6.45, 7) is 4.92. The molecule has 166 valence electrons. The molecule has 5 heterocycles. The van der Waals surface area contributed by atoms with Crippen molar-refractivity contribution in [2.45, 2.75) is 32.2 Å². The minimum absolute atomic E-state index is 0.0772. The van der Waals surface area contributed by atoms with E-state index in [0.717, 1.165) is 17.8 Å². The van der Waals surface area contributed by atoms with Crippen molar-refractivity contribution in [1.82, 2.24) is 24.5 Å². The van der Waals surface area contributed by atoms with Gasteiger partial charge in [-0.2, -0.15) is 13.2 Å². The number of halogens is 3. The molecule has 1 saturated heterocycles. The topological polar surface area (TPSA) is 81.6 Å². The number of pyridine rings is 1. The lowest BCUT2D eigenvalue weighted by molar-refractivity contribution is -0.137. The van der Waals surface area contributed by atoms with Crippen LogP contribution in [-0.2, 0) is 10.9 Å². The summed E-state index contributed by atoms with van der Waals surface area (Å²) < 4.78 is 52.1. The molecule has 0 aromatic carbocycles. The van der Waals surface area contributed by atoms with Crippen LogP contribution in [-0.4, -0.2) is 43.7 Å². The van der Waals surface area contributed by atoms with Crippen molar-refractivity contribution in [3.8, 4) is 11.5 Å². The Balaban J connectivity index is 1.49. The Bertz CT molecular complexity index is 1270. The number of hydrogen-bond donors (Lipinski definition) is 0. The fourth-order valence-electron chi connectivity index (χ4n) is 3.89. The number of hydrogen-bond acceptors (Lipinski definition) is 7. The van der Waals surface area contributed by atoms with E-state index in [9.17, 15) is 13.2 Å². The molecular formula is C21H19F3N6O2. The monoisotopic (exact) mass is 444 g/mol. The third-order valence-electron chi connectivity index (χ3n) is 5.42. The number of aryl methyl sites for hydroxylation is 1. The second-order valence-corrected chi connectivity index (χ2v) is 7.70. The minimum atomic E-state index is -4.46. The highest BCUT2D eigenvalue weighted by Crippen LogP contribution is 2.32. The zero-order valence-electron chi connectivity index (χ0n) is 17.2. The van der Waals surface area contributed by atoms with E-state index in [1.807, 2.05) is 13.8 Å². The molecule has 0 saturated carbocycles. The lowest BCUT2D eigenvalue weighted by Crippen LogP contribution is -2.43. The third-order valence-corrected chi connectivity index (χ3v) is 5.42. The first kappa shape index (κ1) is 20.4. The molecule has 2 atom stereocenters. The first-order chi connectivity index (χ1) is 15.3. The number of rotatable bonds is 3. The van der Waals surface area contributed by atoms with Gasteiger partial charge in [-0.15, -0.1) is 0 Å². The predicted octanol–water partition coefficient (Wildman–Crippen LogP) is 4.07. The molecule has 4 aromatic heterocycles. The van der Waals surface area contributed by atoms with Crippen molar-refractivity contribution < 1.29 is 22.4 Å². The fraction of sp³-hybridized carbons (Fsp3) is 0.333. The van der Waals surface area contributed by atoms with Crippen LogP contribution in [0, 0.1) is 6.92 Å². The van der Waals surface area contributed by atoms with Crippen LogP contribution in [0.25, 0.3) is 17.2 Å². The quantitative estimate of drug-likeness (QED) is 0.471. The van der Waals surface area contributed by atoms with Crippen LogP contribution in [0.2, 0.25) is 0 Å². The summed E-state index contributed by atoms with van der Waals surface area (Å²) in [4.78, 5) is 15.2. The summed E-state index contributed by atoms with van der Waals surface area (Å²) in [7, 11) is 0. The molecule has 8 nitrogen and oxygen atoms in total. The Labute approximate surface area is 180 Å². The van der Waals surface area contributed by atoms with Crippen LogP contribution in [0.1, 0.15) is 29.9 Å². The maximum absolute atomic E-state index is 13.2. The number of nitrogens with zero attached hydrogens (tertiary/aromatic N) is 6. The zero-order valence-corrected chi connectivity index (χ0v) is 17.2. The summed E-state index contributed by atoms with van der Waals surface area (Å²) in [5.74, 6) is 1.62. The van der Waals surface area contributed by atoms with Gasteiger partial charge in [-0.05, 0) is 32.0 Å². The first-order valence-corrected chi connectivity index (χ1v) is 9.99. The number of morpholine rings is 1. The molecule has 0 spiro atoms. The van der Waals surface area contributed by atoms with Crippen molar-refractivity contribution in [1.29, 1.82) is 0 Å². The summed E-state index contributed by atoms with van der Waals surface area (Å²) >= 11 is 0. The lowest BCUT2D eigenvalue weighted by Gasteiger charge is -2.37. The number of ether oxygens (including phenoxy) is 1. The van der Waals surface area contributed by atoms with Crippen LogP contribution >= 0.6 is 0 Å². The molecule has 32 heavy (non-hydrogen) atoms. The molecular weight excluding hydrogens is 425 g/mol. The van der Waals surface area contributed by atoms with Crippen LogP contribution in [0.15, 0.2) is 47.5 Å². The highest BCUT2D eigenvalue weighted by atomic mass is 19.4. The van der Waals surface area contributed by atoms with E-state index in [1.165, 1.54) is 16.7 Å². The Morgan fingerprint density at radius 1 is 1.09 bits per heavy atom. The summed E-state index contributed by atoms with van der Waals surface area (Å²) in [5, 5.41) is 3.83. The van der Waals surface area contributed by atoms with Crippen molar-refractivity contribution >= 4 is 11.5 Å². The summed E-state index contributed by atoms with van der Waals surface area (Å²) in [5.41, 5.74) is 0.859. The maximum atomic E-state index is 13.2. The standard InChI is InChI=1S/C21H19F3N6O2/c1-12-9-29(11-17(31-12)15-7-27-32-13(15)2)19-5-6-25-20(28-19)16-8-26-18-4-3-14(10-30(16)18)21(22,23)24/h3-8,10,12,17H,9,11H2,1-2H3/t12-,17+/m1/s1. The molecule has 0 unspecified atom stereocenters. The smallest absolute Gasteiger partial charge is 0.367 e. The van der Waals surface area contributed by atoms with Crippen molar-refractivity contribution in [2.24, 2.45) is 0 Å². The molecule has 1 aliphatic rings. The Morgan fingerprint density at radius 3 is 2.69 bits per heavy atom. The molecule has 0 N–H and O–H groups in total. The molecule has 11 heteroatoms. The molecule has 5 rings (SSSR count). The van der Waals surface area contributed by atoms with Gasteiger partial charge in [0.15, 0.2) is 5.82 Å². The van der Waals surface area contributed by atoms with E-state index in [0.29, 0.717) is 36.0 Å². The van der Waals surface area contributed by atoms with Crippen molar-refractivity contribution in [3.63, 3.8) is 0 Å². The van der Waals surface area contributed by atoms with Crippen molar-refractivity contribution in [3.05, 3.63) is 59.9 Å². The second-order valence-electron chi connectivity index (χ2n) is 7.70. The maximum Gasteiger partial charge on any atom is 0.417 e. The predicted molar refractivity (Wildman–Crippen MR) is 108 cm³/mol. The van der Waals surface area contributed by atoms with Crippen LogP contribution in [0.3, 0.4) is 0 Å². The largest absolute Gasteiger partial charge is 0.417 e. The van der Waals surface area contributed by atoms with Gasteiger partial charge < -0.3 is 14.2 Å². The Morgan fingerprint density at radius 2 is 1.94 bits per heavy atom. The Kier molecular flexibility index (Phi) is 4.85. The average molecular weight is 444 g/mol. The number of alkyl halides is 3. The van der Waals surface area contributed by atoms with Gasteiger partial charge in [0.2, 0.25) is 0 Å². The first-order valence-electron chi connectivity index (χ1n) is 9.99. The van der Waals surface area contributed by atoms with Gasteiger partial charge in [-0.3, -0.25) is 4.40 Å². The van der Waals surface area contributed by atoms with Gasteiger partial charge in [0, 0.05) is 24.5 Å². The van der Waals surface area contributed by atoms with E-state index in [1.54, 1.807) is 18.5 Å². The Hall–Kier alpha value is -3.47. The van der Waals surface area contributed by atoms with Gasteiger partial charge in [-0.25, -0.2) is 15.0 Å². The van der Waals surface area contributed by atoms with E-state index < -0.39 is 11.7 Å². The van der Waals surface area contributed by atoms with Crippen molar-refractivity contribution in [2.75, 3.05) is 18.0 Å². The molecule has 0 amide bonds. The summed E-state index contributed by atoms with van der Waals surface area (Å²) in [6, 6.07) is 4.10. The number of anilines is 1. The van der Waals surface area contributed by atoms with Gasteiger partial charge in [-0.1, -0.05) is 5.16 Å². The average Bonchev–Trinajstić information content (AvgIpc) is 3.38. The van der Waals surface area contributed by atoms with E-state index in [4.69, 9.17) is 9.26 Å². The minimum Gasteiger partial charge on any atom is -0.367 e. The third kappa shape index (κ3) is 3.68.